The Morgan fingerprint density at radius 1 is 0.451 bits per heavy atom. The summed E-state index contributed by atoms with van der Waals surface area (Å²) in [6.45, 7) is 4.56. The minimum atomic E-state index is -0.786. The molecular weight excluding hydrogens is 645 g/mol. The number of hydrogen-bond acceptors (Lipinski definition) is 2. The van der Waals surface area contributed by atoms with Gasteiger partial charge in [0.1, 0.15) is 0 Å². The molecule has 6 heteroatoms. The fourth-order valence-corrected chi connectivity index (χ4v) is 8.22. The first-order chi connectivity index (χ1) is 24.8. The van der Waals surface area contributed by atoms with E-state index in [1.54, 1.807) is 0 Å². The second-order valence-electron chi connectivity index (χ2n) is 15.1. The lowest BCUT2D eigenvalue weighted by atomic mass is 9.78. The summed E-state index contributed by atoms with van der Waals surface area (Å²) in [5.74, 6) is 0.551. The summed E-state index contributed by atoms with van der Waals surface area (Å²) >= 11 is 0. The van der Waals surface area contributed by atoms with E-state index in [0.717, 1.165) is 47.6 Å². The van der Waals surface area contributed by atoms with Crippen molar-refractivity contribution in [1.82, 2.24) is 9.97 Å². The molecule has 2 aliphatic carbocycles. The van der Waals surface area contributed by atoms with Crippen LogP contribution in [0.25, 0.3) is 22.3 Å². The lowest BCUT2D eigenvalue weighted by Gasteiger charge is -2.28. The number of aryl methyl sites for hydroxylation is 2. The molecule has 0 bridgehead atoms. The minimum absolute atomic E-state index is 0.349. The summed E-state index contributed by atoms with van der Waals surface area (Å²) in [6.07, 6.45) is 22.5. The van der Waals surface area contributed by atoms with Crippen LogP contribution in [0.1, 0.15) is 121 Å². The predicted molar refractivity (Wildman–Crippen MR) is 201 cm³/mol. The van der Waals surface area contributed by atoms with E-state index in [9.17, 15) is 17.6 Å². The van der Waals surface area contributed by atoms with Gasteiger partial charge in [-0.05, 0) is 95.9 Å². The molecule has 0 radical (unpaired) electrons. The minimum Gasteiger partial charge on any atom is -0.190 e. The Kier molecular flexibility index (Phi) is 15.1. The number of pyridine rings is 2. The third-order valence-electron chi connectivity index (χ3n) is 11.4. The summed E-state index contributed by atoms with van der Waals surface area (Å²) in [7, 11) is 0. The van der Waals surface area contributed by atoms with Gasteiger partial charge >= 0.3 is 0 Å². The van der Waals surface area contributed by atoms with Gasteiger partial charge < -0.3 is 0 Å². The molecule has 51 heavy (non-hydrogen) atoms. The summed E-state index contributed by atoms with van der Waals surface area (Å²) < 4.78 is 53.4. The Labute approximate surface area is 303 Å². The molecular formula is C45H56F4N2. The van der Waals surface area contributed by atoms with Crippen LogP contribution in [0.2, 0.25) is 0 Å². The van der Waals surface area contributed by atoms with Crippen LogP contribution in [0.5, 0.6) is 0 Å². The quantitative estimate of drug-likeness (QED) is 0.102. The van der Waals surface area contributed by atoms with Gasteiger partial charge in [0, 0.05) is 11.1 Å². The van der Waals surface area contributed by atoms with E-state index in [-0.39, 0.29) is 0 Å². The van der Waals surface area contributed by atoms with Gasteiger partial charge in [-0.1, -0.05) is 146 Å². The van der Waals surface area contributed by atoms with Gasteiger partial charge in [-0.3, -0.25) is 0 Å². The van der Waals surface area contributed by atoms with E-state index in [0.29, 0.717) is 11.1 Å². The second kappa shape index (κ2) is 19.9. The summed E-state index contributed by atoms with van der Waals surface area (Å²) in [6, 6.07) is 21.2. The van der Waals surface area contributed by atoms with Gasteiger partial charge in [0.2, 0.25) is 23.8 Å². The predicted octanol–water partition coefficient (Wildman–Crippen LogP) is 13.5. The molecule has 2 aromatic carbocycles. The molecule has 274 valence electrons. The molecule has 0 aliphatic heterocycles. The third-order valence-corrected chi connectivity index (χ3v) is 11.4. The van der Waals surface area contributed by atoms with Gasteiger partial charge in [-0.15, -0.1) is 0 Å². The van der Waals surface area contributed by atoms with Gasteiger partial charge in [0.05, 0.1) is 0 Å². The Morgan fingerprint density at radius 2 is 0.824 bits per heavy atom. The van der Waals surface area contributed by atoms with Crippen LogP contribution < -0.4 is 0 Å². The van der Waals surface area contributed by atoms with E-state index >= 15 is 0 Å². The van der Waals surface area contributed by atoms with E-state index < -0.39 is 23.8 Å². The molecule has 0 saturated heterocycles. The molecule has 6 rings (SSSR count). The first-order valence-corrected chi connectivity index (χ1v) is 19.6. The van der Waals surface area contributed by atoms with Crippen molar-refractivity contribution in [1.29, 1.82) is 0 Å². The maximum Gasteiger partial charge on any atom is 0.223 e. The molecule has 2 saturated carbocycles. The summed E-state index contributed by atoms with van der Waals surface area (Å²) in [5, 5.41) is 0. The Bertz CT molecular complexity index is 1600. The lowest BCUT2D eigenvalue weighted by Crippen LogP contribution is -2.15. The van der Waals surface area contributed by atoms with Gasteiger partial charge in [0.25, 0.3) is 0 Å². The molecule has 2 aromatic heterocycles. The molecule has 0 atom stereocenters. The van der Waals surface area contributed by atoms with Crippen LogP contribution >= 0.6 is 0 Å². The topological polar surface area (TPSA) is 25.8 Å². The normalized spacial score (nSPS) is 20.4. The zero-order valence-electron chi connectivity index (χ0n) is 30.7. The zero-order chi connectivity index (χ0) is 36.0. The average molecular weight is 701 g/mol. The van der Waals surface area contributed by atoms with Crippen LogP contribution in [-0.2, 0) is 12.8 Å². The highest BCUT2D eigenvalue weighted by molar-refractivity contribution is 5.64. The average Bonchev–Trinajstić information content (AvgIpc) is 3.14. The van der Waals surface area contributed by atoms with Crippen molar-refractivity contribution in [2.45, 2.75) is 123 Å². The van der Waals surface area contributed by atoms with E-state index in [4.69, 9.17) is 0 Å². The Morgan fingerprint density at radius 3 is 1.18 bits per heavy atom. The SMILES string of the molecule is CCCC1CCC(CCc2ccc(-c3ccc(F)nc3F)cc2)CC1.CCCCC1CCC(CCc2ccc(-c3ccc(F)nc3F)cc2)CC1. The van der Waals surface area contributed by atoms with Crippen molar-refractivity contribution in [3.05, 3.63) is 108 Å². The smallest absolute Gasteiger partial charge is 0.190 e. The monoisotopic (exact) mass is 700 g/mol. The van der Waals surface area contributed by atoms with Gasteiger partial charge in [0.15, 0.2) is 0 Å². The molecule has 0 unspecified atom stereocenters. The molecule has 2 fully saturated rings. The van der Waals surface area contributed by atoms with Gasteiger partial charge in [-0.2, -0.15) is 27.5 Å². The van der Waals surface area contributed by atoms with Crippen molar-refractivity contribution in [3.63, 3.8) is 0 Å². The first-order valence-electron chi connectivity index (χ1n) is 19.6. The van der Waals surface area contributed by atoms with E-state index in [1.165, 1.54) is 132 Å². The number of aromatic nitrogens is 2. The fraction of sp³-hybridized carbons (Fsp3) is 0.511. The standard InChI is InChI=1S/C23H29F2N.C22H27F2N/c1-2-3-4-17-5-7-18(8-6-17)9-10-19-11-13-20(14-12-19)21-15-16-22(24)26-23(21)25;1-2-3-16-4-6-17(7-5-16)8-9-18-10-12-19(13-11-18)20-14-15-21(23)25-22(20)24/h11-18H,2-10H2,1H3;10-17H,2-9H2,1H3. The van der Waals surface area contributed by atoms with Crippen LogP contribution in [-0.4, -0.2) is 9.97 Å². The molecule has 0 spiro atoms. The highest BCUT2D eigenvalue weighted by Crippen LogP contribution is 2.35. The van der Waals surface area contributed by atoms with Crippen molar-refractivity contribution in [2.75, 3.05) is 0 Å². The van der Waals surface area contributed by atoms with Gasteiger partial charge in [-0.25, -0.2) is 0 Å². The summed E-state index contributed by atoms with van der Waals surface area (Å²) in [5.41, 5.74) is 4.77. The maximum absolute atomic E-state index is 13.8. The zero-order valence-corrected chi connectivity index (χ0v) is 30.7. The van der Waals surface area contributed by atoms with Crippen molar-refractivity contribution >= 4 is 0 Å². The van der Waals surface area contributed by atoms with Crippen molar-refractivity contribution in [2.24, 2.45) is 23.7 Å². The number of rotatable bonds is 13. The van der Waals surface area contributed by atoms with Crippen LogP contribution in [0, 0.1) is 47.5 Å². The first kappa shape index (κ1) is 38.7. The Hall–Kier alpha value is -3.54. The number of halogens is 4. The van der Waals surface area contributed by atoms with E-state index in [1.807, 2.05) is 24.3 Å². The number of hydrogen-bond donors (Lipinski definition) is 0. The maximum atomic E-state index is 13.8. The second-order valence-corrected chi connectivity index (χ2v) is 15.1. The van der Waals surface area contributed by atoms with Crippen LogP contribution in [0.15, 0.2) is 72.8 Å². The molecule has 4 aromatic rings. The molecule has 0 amide bonds. The summed E-state index contributed by atoms with van der Waals surface area (Å²) in [4.78, 5) is 6.52. The number of unbranched alkanes of at least 4 members (excludes halogenated alkanes) is 1. The lowest BCUT2D eigenvalue weighted by molar-refractivity contribution is 0.250. The molecule has 0 N–H and O–H groups in total. The number of benzene rings is 2. The van der Waals surface area contributed by atoms with Crippen LogP contribution in [0.3, 0.4) is 0 Å². The molecule has 2 nitrogen and oxygen atoms in total. The molecule has 2 aliphatic rings. The largest absolute Gasteiger partial charge is 0.223 e. The number of nitrogens with zero attached hydrogens (tertiary/aromatic N) is 2. The highest BCUT2D eigenvalue weighted by Gasteiger charge is 2.21. The van der Waals surface area contributed by atoms with Crippen molar-refractivity contribution < 1.29 is 17.6 Å². The van der Waals surface area contributed by atoms with E-state index in [2.05, 4.69) is 48.1 Å². The van der Waals surface area contributed by atoms with Crippen LogP contribution in [0.4, 0.5) is 17.6 Å². The highest BCUT2D eigenvalue weighted by atomic mass is 19.1. The van der Waals surface area contributed by atoms with Crippen molar-refractivity contribution in [3.8, 4) is 22.3 Å². The fourth-order valence-electron chi connectivity index (χ4n) is 8.22. The third kappa shape index (κ3) is 12.0. The molecule has 2 heterocycles. The Balaban J connectivity index is 0.000000198.